The Hall–Kier alpha value is -0.980. The summed E-state index contributed by atoms with van der Waals surface area (Å²) in [6.07, 6.45) is 17.5. The molecule has 4 bridgehead atoms. The van der Waals surface area contributed by atoms with Crippen LogP contribution >= 0.6 is 0 Å². The molecule has 0 amide bonds. The summed E-state index contributed by atoms with van der Waals surface area (Å²) in [6, 6.07) is 14.5. The van der Waals surface area contributed by atoms with Crippen molar-refractivity contribution in [3.8, 4) is 0 Å². The number of hydrogen-bond acceptors (Lipinski definition) is 5. The smallest absolute Gasteiger partial charge is 0.0239 e. The van der Waals surface area contributed by atoms with Crippen LogP contribution in [0, 0.1) is 11.8 Å². The van der Waals surface area contributed by atoms with Gasteiger partial charge in [0, 0.05) is 88.1 Å². The van der Waals surface area contributed by atoms with Crippen molar-refractivity contribution in [3.05, 3.63) is 35.4 Å². The van der Waals surface area contributed by atoms with Gasteiger partial charge in [-0.25, -0.2) is 0 Å². The van der Waals surface area contributed by atoms with E-state index in [1.807, 2.05) is 55.4 Å². The van der Waals surface area contributed by atoms with Gasteiger partial charge in [-0.05, 0) is 149 Å². The number of piperidine rings is 2. The van der Waals surface area contributed by atoms with Crippen molar-refractivity contribution in [2.75, 3.05) is 45.8 Å². The van der Waals surface area contributed by atoms with Crippen LogP contribution in [-0.2, 0) is 13.0 Å². The molecule has 8 aliphatic rings. The molecule has 7 fully saturated rings. The van der Waals surface area contributed by atoms with Crippen LogP contribution in [0.1, 0.15) is 193 Å². The molecule has 6 aliphatic heterocycles. The minimum atomic E-state index is 0.674. The highest BCUT2D eigenvalue weighted by Crippen LogP contribution is 2.36. The second-order valence-electron chi connectivity index (χ2n) is 17.8. The third-order valence-electron chi connectivity index (χ3n) is 13.3. The Balaban J connectivity index is 0.000000352. The Morgan fingerprint density at radius 3 is 1.52 bits per heavy atom. The van der Waals surface area contributed by atoms with Crippen molar-refractivity contribution >= 4 is 0 Å². The predicted molar refractivity (Wildman–Crippen MR) is 252 cm³/mol. The fraction of sp³-hybridized carbons (Fsp3) is 0.882. The van der Waals surface area contributed by atoms with E-state index in [-0.39, 0.29) is 0 Å². The lowest BCUT2D eigenvalue weighted by atomic mass is 9.79. The summed E-state index contributed by atoms with van der Waals surface area (Å²) in [7, 11) is 0. The van der Waals surface area contributed by atoms with Gasteiger partial charge in [0.05, 0.1) is 0 Å². The highest BCUT2D eigenvalue weighted by atomic mass is 15.3. The van der Waals surface area contributed by atoms with Gasteiger partial charge in [-0.3, -0.25) is 24.5 Å². The maximum atomic E-state index is 2.73. The van der Waals surface area contributed by atoms with Crippen molar-refractivity contribution < 1.29 is 0 Å². The number of nitrogens with zero attached hydrogens (tertiary/aromatic N) is 5. The van der Waals surface area contributed by atoms with Crippen molar-refractivity contribution in [2.45, 2.75) is 237 Å². The van der Waals surface area contributed by atoms with Crippen LogP contribution in [0.3, 0.4) is 0 Å². The van der Waals surface area contributed by atoms with E-state index in [9.17, 15) is 0 Å². The summed E-state index contributed by atoms with van der Waals surface area (Å²) in [4.78, 5) is 13.2. The molecule has 0 N–H and O–H groups in total. The van der Waals surface area contributed by atoms with E-state index >= 15 is 0 Å². The lowest BCUT2D eigenvalue weighted by Crippen LogP contribution is -2.52. The summed E-state index contributed by atoms with van der Waals surface area (Å²) in [6.45, 7) is 44.9. The molecule has 5 saturated heterocycles. The quantitative estimate of drug-likeness (QED) is 0.301. The Morgan fingerprint density at radius 2 is 0.982 bits per heavy atom. The van der Waals surface area contributed by atoms with Crippen LogP contribution in [0.15, 0.2) is 24.3 Å². The zero-order valence-electron chi connectivity index (χ0n) is 40.9. The molecule has 0 spiro atoms. The van der Waals surface area contributed by atoms with Gasteiger partial charge < -0.3 is 0 Å². The normalized spacial score (nSPS) is 27.0. The van der Waals surface area contributed by atoms with Gasteiger partial charge in [-0.15, -0.1) is 0 Å². The molecule has 2 aliphatic carbocycles. The van der Waals surface area contributed by atoms with E-state index in [4.69, 9.17) is 0 Å². The lowest BCUT2D eigenvalue weighted by molar-refractivity contribution is 0.0250. The van der Waals surface area contributed by atoms with Crippen LogP contribution in [0.2, 0.25) is 0 Å². The summed E-state index contributed by atoms with van der Waals surface area (Å²) in [5.74, 6) is 2.09. The highest BCUT2D eigenvalue weighted by molar-refractivity contribution is 5.29. The van der Waals surface area contributed by atoms with Crippen LogP contribution < -0.4 is 0 Å². The molecular weight excluding hydrogens is 683 g/mol. The number of hydrogen-bond donors (Lipinski definition) is 0. The number of piperazine rings is 1. The molecule has 6 heterocycles. The van der Waals surface area contributed by atoms with Crippen molar-refractivity contribution in [3.63, 3.8) is 0 Å². The van der Waals surface area contributed by atoms with Gasteiger partial charge in [0.15, 0.2) is 0 Å². The second-order valence-corrected chi connectivity index (χ2v) is 17.8. The Morgan fingerprint density at radius 1 is 0.446 bits per heavy atom. The lowest BCUT2D eigenvalue weighted by Gasteiger charge is -2.47. The fourth-order valence-electron chi connectivity index (χ4n) is 10.2. The number of fused-ring (bicyclic) bond motifs is 7. The molecular formula is C51H101N5. The van der Waals surface area contributed by atoms with Crippen LogP contribution in [0.5, 0.6) is 0 Å². The highest BCUT2D eigenvalue weighted by Gasteiger charge is 2.35. The molecule has 5 heteroatoms. The number of rotatable bonds is 4. The molecule has 330 valence electrons. The third-order valence-corrected chi connectivity index (χ3v) is 13.3. The van der Waals surface area contributed by atoms with Crippen LogP contribution in [-0.4, -0.2) is 113 Å². The summed E-state index contributed by atoms with van der Waals surface area (Å²) >= 11 is 0. The summed E-state index contributed by atoms with van der Waals surface area (Å²) in [5.41, 5.74) is 3.06. The maximum Gasteiger partial charge on any atom is 0.0239 e. The van der Waals surface area contributed by atoms with E-state index in [2.05, 4.69) is 104 Å². The first-order valence-electron chi connectivity index (χ1n) is 24.9. The van der Waals surface area contributed by atoms with Gasteiger partial charge >= 0.3 is 0 Å². The van der Waals surface area contributed by atoms with Gasteiger partial charge in [0.2, 0.25) is 0 Å². The van der Waals surface area contributed by atoms with E-state index in [1.54, 1.807) is 5.56 Å². The molecule has 3 atom stereocenters. The molecule has 5 nitrogen and oxygen atoms in total. The molecule has 56 heavy (non-hydrogen) atoms. The minimum Gasteiger partial charge on any atom is -0.298 e. The maximum absolute atomic E-state index is 2.73. The molecule has 0 aromatic heterocycles. The zero-order chi connectivity index (χ0) is 42.2. The second kappa shape index (κ2) is 30.1. The van der Waals surface area contributed by atoms with E-state index in [0.717, 1.165) is 54.6 Å². The fourth-order valence-corrected chi connectivity index (χ4v) is 10.2. The van der Waals surface area contributed by atoms with Crippen molar-refractivity contribution in [1.29, 1.82) is 0 Å². The molecule has 2 saturated carbocycles. The zero-order valence-corrected chi connectivity index (χ0v) is 40.9. The SMILES string of the molecule is CC.CC.CC.CC.CC(C)N1CC2CCC1CC2.CC(C)N1CC2CCCCC1C2.CC(C)N1CCN2CCCC2C1.CC(C)N1CCc2ccccc2C1. The largest absolute Gasteiger partial charge is 0.298 e. The number of benzene rings is 1. The average molecular weight is 784 g/mol. The van der Waals surface area contributed by atoms with E-state index in [0.29, 0.717) is 6.04 Å². The van der Waals surface area contributed by atoms with Gasteiger partial charge in [0.1, 0.15) is 0 Å². The first-order chi connectivity index (χ1) is 27.1. The average Bonchev–Trinajstić information content (AvgIpc) is 3.83. The molecule has 1 aromatic carbocycles. The van der Waals surface area contributed by atoms with E-state index in [1.165, 1.54) is 128 Å². The molecule has 0 radical (unpaired) electrons. The predicted octanol–water partition coefficient (Wildman–Crippen LogP) is 12.7. The first kappa shape index (κ1) is 53.0. The van der Waals surface area contributed by atoms with Crippen molar-refractivity contribution in [1.82, 2.24) is 24.5 Å². The minimum absolute atomic E-state index is 0.674. The molecule has 9 rings (SSSR count). The van der Waals surface area contributed by atoms with Crippen LogP contribution in [0.25, 0.3) is 0 Å². The van der Waals surface area contributed by atoms with Crippen molar-refractivity contribution in [2.24, 2.45) is 11.8 Å². The summed E-state index contributed by atoms with van der Waals surface area (Å²) < 4.78 is 0. The molecule has 1 aromatic rings. The molecule has 3 unspecified atom stereocenters. The van der Waals surface area contributed by atoms with E-state index < -0.39 is 0 Å². The topological polar surface area (TPSA) is 16.2 Å². The van der Waals surface area contributed by atoms with Crippen LogP contribution in [0.4, 0.5) is 0 Å². The van der Waals surface area contributed by atoms with Gasteiger partial charge in [-0.2, -0.15) is 0 Å². The standard InChI is InChI=1S/C12H17N.C11H21N.C10H20N2.C10H19N.4C2H6/c1-10(2)13-8-7-11-5-3-4-6-12(11)9-13;1-9(2)12-8-10-5-3-4-6-11(12)7-10;1-9(2)12-7-6-11-5-3-4-10(11)8-12;1-8(2)11-7-9-3-5-10(11)6-4-9;4*1-2/h3-6,10H,7-9H2,1-2H3;9-11H,3-8H2,1-2H3;9-10H,3-8H2,1-2H3;8-10H,3-7H2,1-2H3;4*1-2H3. The first-order valence-corrected chi connectivity index (χ1v) is 24.9. The Kier molecular flexibility index (Phi) is 28.5. The summed E-state index contributed by atoms with van der Waals surface area (Å²) in [5, 5.41) is 0. The monoisotopic (exact) mass is 784 g/mol. The number of likely N-dealkylation sites (tertiary alicyclic amines) is 1. The van der Waals surface area contributed by atoms with Gasteiger partial charge in [0.25, 0.3) is 0 Å². The third kappa shape index (κ3) is 17.3. The van der Waals surface area contributed by atoms with Gasteiger partial charge in [-0.1, -0.05) is 92.5 Å². The Bertz CT molecular complexity index is 1060. The Labute approximate surface area is 353 Å².